The summed E-state index contributed by atoms with van der Waals surface area (Å²) >= 11 is 0. The monoisotopic (exact) mass is 416 g/mol. The summed E-state index contributed by atoms with van der Waals surface area (Å²) in [6.45, 7) is -0.701. The molecule has 10 heteroatoms. The van der Waals surface area contributed by atoms with E-state index >= 15 is 0 Å². The van der Waals surface area contributed by atoms with Crippen molar-refractivity contribution in [1.82, 2.24) is 15.2 Å². The third kappa shape index (κ3) is 3.47. The van der Waals surface area contributed by atoms with Crippen molar-refractivity contribution in [2.24, 2.45) is 0 Å². The third-order valence-corrected chi connectivity index (χ3v) is 4.82. The Kier molecular flexibility index (Phi) is 4.90. The molecule has 3 aromatic rings. The van der Waals surface area contributed by atoms with Gasteiger partial charge in [-0.15, -0.1) is 0 Å². The Morgan fingerprint density at radius 3 is 2.63 bits per heavy atom. The van der Waals surface area contributed by atoms with Crippen molar-refractivity contribution in [3.05, 3.63) is 65.6 Å². The summed E-state index contributed by atoms with van der Waals surface area (Å²) in [6, 6.07) is 7.32. The zero-order chi connectivity index (χ0) is 21.4. The zero-order valence-corrected chi connectivity index (χ0v) is 15.3. The molecule has 1 aromatic heterocycles. The Labute approximate surface area is 167 Å². The van der Waals surface area contributed by atoms with Gasteiger partial charge < -0.3 is 15.6 Å². The number of amides is 4. The van der Waals surface area contributed by atoms with Crippen molar-refractivity contribution in [1.29, 1.82) is 0 Å². The van der Waals surface area contributed by atoms with Crippen molar-refractivity contribution >= 4 is 34.4 Å². The van der Waals surface area contributed by atoms with Crippen LogP contribution in [0.2, 0.25) is 0 Å². The molecule has 1 saturated heterocycles. The molecule has 3 N–H and O–H groups in total. The van der Waals surface area contributed by atoms with Crippen LogP contribution < -0.4 is 10.6 Å². The summed E-state index contributed by atoms with van der Waals surface area (Å²) in [5.74, 6) is -6.26. The first-order valence-electron chi connectivity index (χ1n) is 8.95. The number of carbonyl (C=O) groups excluding carboxylic acids is 3. The van der Waals surface area contributed by atoms with Gasteiger partial charge in [0.25, 0.3) is 5.91 Å². The SMILES string of the molecule is O=C(CN1C(=O)N[C@H](Cc2c[nH]c3ccccc23)C1=O)Nc1ccc(F)c(F)c1F. The van der Waals surface area contributed by atoms with E-state index in [0.29, 0.717) is 11.0 Å². The number of hydrogen-bond donors (Lipinski definition) is 3. The summed E-state index contributed by atoms with van der Waals surface area (Å²) in [6.07, 6.45) is 1.95. The molecule has 1 aliphatic heterocycles. The Bertz CT molecular complexity index is 1180. The van der Waals surface area contributed by atoms with Crippen LogP contribution in [-0.2, 0) is 16.0 Å². The number of H-pyrrole nitrogens is 1. The number of benzene rings is 2. The van der Waals surface area contributed by atoms with Crippen LogP contribution in [0.25, 0.3) is 10.9 Å². The van der Waals surface area contributed by atoms with Gasteiger partial charge in [0.15, 0.2) is 17.5 Å². The molecular weight excluding hydrogens is 401 g/mol. The lowest BCUT2D eigenvalue weighted by atomic mass is 10.1. The maximum Gasteiger partial charge on any atom is 0.325 e. The van der Waals surface area contributed by atoms with Crippen molar-refractivity contribution in [2.75, 3.05) is 11.9 Å². The van der Waals surface area contributed by atoms with Crippen LogP contribution in [-0.4, -0.2) is 40.3 Å². The first kappa shape index (κ1) is 19.5. The molecule has 2 heterocycles. The van der Waals surface area contributed by atoms with Gasteiger partial charge in [-0.2, -0.15) is 0 Å². The molecule has 0 saturated carbocycles. The molecule has 1 atom stereocenters. The molecule has 0 aliphatic carbocycles. The Morgan fingerprint density at radius 1 is 1.07 bits per heavy atom. The van der Waals surface area contributed by atoms with Crippen LogP contribution in [0.15, 0.2) is 42.6 Å². The number of imide groups is 1. The smallest absolute Gasteiger partial charge is 0.325 e. The molecule has 2 aromatic carbocycles. The number of rotatable bonds is 5. The average molecular weight is 416 g/mol. The van der Waals surface area contributed by atoms with E-state index in [1.165, 1.54) is 0 Å². The Morgan fingerprint density at radius 2 is 1.83 bits per heavy atom. The summed E-state index contributed by atoms with van der Waals surface area (Å²) in [5.41, 5.74) is 1.11. The number of carbonyl (C=O) groups is 3. The highest BCUT2D eigenvalue weighted by Crippen LogP contribution is 2.22. The molecular formula is C20H15F3N4O3. The van der Waals surface area contributed by atoms with Crippen molar-refractivity contribution in [2.45, 2.75) is 12.5 Å². The lowest BCUT2D eigenvalue weighted by Crippen LogP contribution is -2.38. The van der Waals surface area contributed by atoms with Gasteiger partial charge in [0.1, 0.15) is 12.6 Å². The zero-order valence-electron chi connectivity index (χ0n) is 15.3. The first-order chi connectivity index (χ1) is 14.3. The standard InChI is InChI=1S/C20H15F3N4O3/c21-12-5-6-14(18(23)17(12)22)25-16(28)9-27-19(29)15(26-20(27)30)7-10-8-24-13-4-2-1-3-11(10)13/h1-6,8,15,24H,7,9H2,(H,25,28)(H,26,30)/t15-/m1/s1. The third-order valence-electron chi connectivity index (χ3n) is 4.82. The molecule has 1 aliphatic rings. The first-order valence-corrected chi connectivity index (χ1v) is 8.95. The number of nitrogens with one attached hydrogen (secondary N) is 3. The van der Waals surface area contributed by atoms with Crippen LogP contribution >= 0.6 is 0 Å². The number of para-hydroxylation sites is 1. The van der Waals surface area contributed by atoms with Crippen LogP contribution in [0.3, 0.4) is 0 Å². The minimum atomic E-state index is -1.73. The van der Waals surface area contributed by atoms with Gasteiger partial charge in [-0.1, -0.05) is 18.2 Å². The van der Waals surface area contributed by atoms with E-state index in [0.717, 1.165) is 22.5 Å². The number of halogens is 3. The number of hydrogen-bond acceptors (Lipinski definition) is 3. The molecule has 4 rings (SSSR count). The van der Waals surface area contributed by atoms with E-state index in [2.05, 4.69) is 10.3 Å². The lowest BCUT2D eigenvalue weighted by Gasteiger charge is -2.13. The highest BCUT2D eigenvalue weighted by Gasteiger charge is 2.39. The van der Waals surface area contributed by atoms with Crippen LogP contribution in [0.1, 0.15) is 5.56 Å². The predicted molar refractivity (Wildman–Crippen MR) is 101 cm³/mol. The molecule has 0 spiro atoms. The maximum atomic E-state index is 13.7. The van der Waals surface area contributed by atoms with Gasteiger partial charge >= 0.3 is 6.03 Å². The molecule has 4 amide bonds. The van der Waals surface area contributed by atoms with E-state index < -0.39 is 53.6 Å². The lowest BCUT2D eigenvalue weighted by molar-refractivity contribution is -0.130. The number of fused-ring (bicyclic) bond motifs is 1. The number of urea groups is 1. The summed E-state index contributed by atoms with van der Waals surface area (Å²) in [5, 5.41) is 5.45. The van der Waals surface area contributed by atoms with E-state index in [1.54, 1.807) is 6.20 Å². The second-order valence-electron chi connectivity index (χ2n) is 6.76. The van der Waals surface area contributed by atoms with Gasteiger partial charge in [0.05, 0.1) is 5.69 Å². The quantitative estimate of drug-likeness (QED) is 0.441. The van der Waals surface area contributed by atoms with Gasteiger partial charge in [-0.25, -0.2) is 18.0 Å². The molecule has 154 valence electrons. The van der Waals surface area contributed by atoms with Crippen LogP contribution in [0, 0.1) is 17.5 Å². The van der Waals surface area contributed by atoms with Gasteiger partial charge in [0, 0.05) is 23.5 Å². The predicted octanol–water partition coefficient (Wildman–Crippen LogP) is 2.69. The van der Waals surface area contributed by atoms with Crippen LogP contribution in [0.5, 0.6) is 0 Å². The number of anilines is 1. The number of nitrogens with zero attached hydrogens (tertiary/aromatic N) is 1. The largest absolute Gasteiger partial charge is 0.361 e. The van der Waals surface area contributed by atoms with Gasteiger partial charge in [-0.05, 0) is 23.8 Å². The fraction of sp³-hybridized carbons (Fsp3) is 0.150. The highest BCUT2D eigenvalue weighted by molar-refractivity contribution is 6.08. The Hall–Kier alpha value is -3.82. The molecule has 0 radical (unpaired) electrons. The van der Waals surface area contributed by atoms with E-state index in [-0.39, 0.29) is 6.42 Å². The second kappa shape index (κ2) is 7.54. The average Bonchev–Trinajstić information content (AvgIpc) is 3.25. The van der Waals surface area contributed by atoms with E-state index in [1.807, 2.05) is 29.6 Å². The van der Waals surface area contributed by atoms with Gasteiger partial charge in [0.2, 0.25) is 5.91 Å². The summed E-state index contributed by atoms with van der Waals surface area (Å²) in [4.78, 5) is 40.7. The molecule has 1 fully saturated rings. The van der Waals surface area contributed by atoms with E-state index in [4.69, 9.17) is 0 Å². The fourth-order valence-corrected chi connectivity index (χ4v) is 3.34. The normalized spacial score (nSPS) is 16.2. The van der Waals surface area contributed by atoms with Crippen molar-refractivity contribution < 1.29 is 27.6 Å². The fourth-order valence-electron chi connectivity index (χ4n) is 3.34. The second-order valence-corrected chi connectivity index (χ2v) is 6.76. The van der Waals surface area contributed by atoms with Crippen LogP contribution in [0.4, 0.5) is 23.7 Å². The van der Waals surface area contributed by atoms with Crippen molar-refractivity contribution in [3.63, 3.8) is 0 Å². The van der Waals surface area contributed by atoms with E-state index in [9.17, 15) is 27.6 Å². The molecule has 0 bridgehead atoms. The molecule has 0 unspecified atom stereocenters. The molecule has 7 nitrogen and oxygen atoms in total. The minimum Gasteiger partial charge on any atom is -0.361 e. The number of aromatic nitrogens is 1. The molecule has 30 heavy (non-hydrogen) atoms. The van der Waals surface area contributed by atoms with Crippen molar-refractivity contribution in [3.8, 4) is 0 Å². The Balaban J connectivity index is 1.44. The maximum absolute atomic E-state index is 13.7. The highest BCUT2D eigenvalue weighted by atomic mass is 19.2. The van der Waals surface area contributed by atoms with Gasteiger partial charge in [-0.3, -0.25) is 14.5 Å². The minimum absolute atomic E-state index is 0.213. The summed E-state index contributed by atoms with van der Waals surface area (Å²) in [7, 11) is 0. The summed E-state index contributed by atoms with van der Waals surface area (Å²) < 4.78 is 40.0. The number of aromatic amines is 1. The topological polar surface area (TPSA) is 94.3 Å².